The molecule has 190 valence electrons. The summed E-state index contributed by atoms with van der Waals surface area (Å²) in [7, 11) is 1.61. The van der Waals surface area contributed by atoms with Crippen LogP contribution in [-0.4, -0.2) is 45.4 Å². The van der Waals surface area contributed by atoms with E-state index in [1.165, 1.54) is 10.7 Å². The van der Waals surface area contributed by atoms with E-state index in [0.29, 0.717) is 24.4 Å². The third kappa shape index (κ3) is 5.27. The number of nitrogens with zero attached hydrogens (tertiary/aromatic N) is 3. The SMILES string of the molecule is COc1ccc(CCOc2nc(-c3ccccc3F)n(-c3cccc(NC(=O)[C@@]4(Cl)C[C@@H]4F)c3)n2)cc1. The average Bonchev–Trinajstić information content (AvgIpc) is 3.32. The molecule has 0 radical (unpaired) electrons. The van der Waals surface area contributed by atoms with Gasteiger partial charge in [-0.1, -0.05) is 30.3 Å². The van der Waals surface area contributed by atoms with Gasteiger partial charge in [-0.3, -0.25) is 4.79 Å². The van der Waals surface area contributed by atoms with Gasteiger partial charge < -0.3 is 14.8 Å². The molecule has 0 bridgehead atoms. The lowest BCUT2D eigenvalue weighted by Gasteiger charge is -2.11. The first kappa shape index (κ1) is 24.7. The Morgan fingerprint density at radius 2 is 1.92 bits per heavy atom. The highest BCUT2D eigenvalue weighted by atomic mass is 35.5. The molecule has 1 saturated carbocycles. The van der Waals surface area contributed by atoms with Gasteiger partial charge in [0, 0.05) is 18.5 Å². The molecular weight excluding hydrogens is 502 g/mol. The molecule has 0 aliphatic heterocycles. The Bertz CT molecular complexity index is 1430. The monoisotopic (exact) mass is 524 g/mol. The number of nitrogens with one attached hydrogen (secondary N) is 1. The zero-order valence-electron chi connectivity index (χ0n) is 19.8. The molecule has 1 aromatic heterocycles. The second-order valence-corrected chi connectivity index (χ2v) is 9.27. The molecule has 2 atom stereocenters. The van der Waals surface area contributed by atoms with Crippen molar-refractivity contribution in [3.63, 3.8) is 0 Å². The van der Waals surface area contributed by atoms with E-state index in [2.05, 4.69) is 15.4 Å². The fourth-order valence-corrected chi connectivity index (χ4v) is 3.97. The van der Waals surface area contributed by atoms with Crippen molar-refractivity contribution in [1.82, 2.24) is 14.8 Å². The van der Waals surface area contributed by atoms with E-state index >= 15 is 0 Å². The van der Waals surface area contributed by atoms with E-state index in [4.69, 9.17) is 21.1 Å². The number of benzene rings is 3. The van der Waals surface area contributed by atoms with Crippen LogP contribution in [0, 0.1) is 5.82 Å². The van der Waals surface area contributed by atoms with Gasteiger partial charge in [-0.25, -0.2) is 13.5 Å². The fourth-order valence-electron chi connectivity index (χ4n) is 3.79. The topological polar surface area (TPSA) is 78.3 Å². The summed E-state index contributed by atoms with van der Waals surface area (Å²) in [6.45, 7) is 0.297. The number of halogens is 3. The van der Waals surface area contributed by atoms with Gasteiger partial charge in [0.15, 0.2) is 10.7 Å². The zero-order valence-corrected chi connectivity index (χ0v) is 20.6. The quantitative estimate of drug-likeness (QED) is 0.298. The van der Waals surface area contributed by atoms with Crippen LogP contribution in [0.1, 0.15) is 12.0 Å². The van der Waals surface area contributed by atoms with Crippen LogP contribution in [0.15, 0.2) is 72.8 Å². The molecule has 1 heterocycles. The van der Waals surface area contributed by atoms with Crippen LogP contribution < -0.4 is 14.8 Å². The summed E-state index contributed by atoms with van der Waals surface area (Å²) in [6, 6.07) is 20.6. The number of hydrogen-bond acceptors (Lipinski definition) is 5. The van der Waals surface area contributed by atoms with Crippen LogP contribution >= 0.6 is 11.6 Å². The van der Waals surface area contributed by atoms with E-state index < -0.39 is 22.8 Å². The van der Waals surface area contributed by atoms with Crippen molar-refractivity contribution in [2.75, 3.05) is 19.0 Å². The molecule has 37 heavy (non-hydrogen) atoms. The Labute approximate surface area is 217 Å². The van der Waals surface area contributed by atoms with Crippen molar-refractivity contribution in [2.45, 2.75) is 23.9 Å². The molecule has 3 aromatic carbocycles. The summed E-state index contributed by atoms with van der Waals surface area (Å²) in [5, 5.41) is 7.08. The van der Waals surface area contributed by atoms with Gasteiger partial charge in [0.2, 0.25) is 5.91 Å². The van der Waals surface area contributed by atoms with E-state index in [0.717, 1.165) is 11.3 Å². The Morgan fingerprint density at radius 1 is 1.16 bits per heavy atom. The zero-order chi connectivity index (χ0) is 26.0. The first-order valence-electron chi connectivity index (χ1n) is 11.6. The molecule has 0 spiro atoms. The van der Waals surface area contributed by atoms with E-state index in [-0.39, 0.29) is 23.8 Å². The van der Waals surface area contributed by atoms with Crippen LogP contribution in [0.2, 0.25) is 0 Å². The summed E-state index contributed by atoms with van der Waals surface area (Å²) in [5.74, 6) is -0.103. The second-order valence-electron chi connectivity index (χ2n) is 8.59. The van der Waals surface area contributed by atoms with Crippen LogP contribution in [0.4, 0.5) is 14.5 Å². The second kappa shape index (κ2) is 10.2. The minimum atomic E-state index is -1.54. The number of carbonyl (C=O) groups is 1. The van der Waals surface area contributed by atoms with Gasteiger partial charge in [-0.15, -0.1) is 16.7 Å². The van der Waals surface area contributed by atoms with Crippen molar-refractivity contribution in [3.8, 4) is 28.8 Å². The molecular formula is C27H23ClF2N4O3. The maximum Gasteiger partial charge on any atom is 0.336 e. The minimum Gasteiger partial charge on any atom is -0.497 e. The summed E-state index contributed by atoms with van der Waals surface area (Å²) < 4.78 is 40.6. The van der Waals surface area contributed by atoms with E-state index in [1.54, 1.807) is 49.6 Å². The number of carbonyl (C=O) groups excluding carboxylic acids is 1. The Balaban J connectivity index is 1.40. The predicted molar refractivity (Wildman–Crippen MR) is 136 cm³/mol. The molecule has 7 nitrogen and oxygen atoms in total. The van der Waals surface area contributed by atoms with E-state index in [1.807, 2.05) is 24.3 Å². The Morgan fingerprint density at radius 3 is 2.62 bits per heavy atom. The lowest BCUT2D eigenvalue weighted by Crippen LogP contribution is -2.27. The van der Waals surface area contributed by atoms with Crippen molar-refractivity contribution in [1.29, 1.82) is 0 Å². The fraction of sp³-hybridized carbons (Fsp3) is 0.222. The lowest BCUT2D eigenvalue weighted by molar-refractivity contribution is -0.116. The van der Waals surface area contributed by atoms with Crippen LogP contribution in [-0.2, 0) is 11.2 Å². The van der Waals surface area contributed by atoms with Crippen molar-refractivity contribution in [2.24, 2.45) is 0 Å². The predicted octanol–water partition coefficient (Wildman–Crippen LogP) is 5.36. The van der Waals surface area contributed by atoms with Crippen LogP contribution in [0.5, 0.6) is 11.8 Å². The number of rotatable bonds is 9. The average molecular weight is 525 g/mol. The first-order chi connectivity index (χ1) is 17.9. The number of aromatic nitrogens is 3. The smallest absolute Gasteiger partial charge is 0.336 e. The number of alkyl halides is 2. The molecule has 0 saturated heterocycles. The number of amides is 1. The number of hydrogen-bond donors (Lipinski definition) is 1. The molecule has 4 aromatic rings. The first-order valence-corrected chi connectivity index (χ1v) is 12.0. The Kier molecular flexibility index (Phi) is 6.80. The minimum absolute atomic E-state index is 0.0299. The largest absolute Gasteiger partial charge is 0.497 e. The van der Waals surface area contributed by atoms with Crippen molar-refractivity contribution < 1.29 is 23.0 Å². The summed E-state index contributed by atoms with van der Waals surface area (Å²) in [5.41, 5.74) is 2.15. The van der Waals surface area contributed by atoms with Crippen molar-refractivity contribution in [3.05, 3.63) is 84.2 Å². The standard InChI is InChI=1S/C27H23ClF2N4O3/c1-36-20-11-9-17(10-12-20)13-14-37-26-32-24(21-7-2-3-8-22(21)29)34(33-26)19-6-4-5-18(15-19)31-25(35)27(28)16-23(27)30/h2-12,15,23H,13-14,16H2,1H3,(H,31,35)/t23-,27+/m0/s1. The highest BCUT2D eigenvalue weighted by molar-refractivity contribution is 6.39. The molecule has 1 aliphatic rings. The third-order valence-electron chi connectivity index (χ3n) is 6.02. The highest BCUT2D eigenvalue weighted by Crippen LogP contribution is 2.46. The number of ether oxygens (including phenoxy) is 2. The molecule has 5 rings (SSSR count). The van der Waals surface area contributed by atoms with Gasteiger partial charge in [-0.05, 0) is 48.0 Å². The van der Waals surface area contributed by atoms with Gasteiger partial charge in [0.05, 0.1) is 25.0 Å². The molecule has 10 heteroatoms. The van der Waals surface area contributed by atoms with Crippen molar-refractivity contribution >= 4 is 23.2 Å². The normalized spacial score (nSPS) is 18.3. The van der Waals surface area contributed by atoms with Gasteiger partial charge >= 0.3 is 6.01 Å². The summed E-state index contributed by atoms with van der Waals surface area (Å²) in [6.07, 6.45) is -0.805. The van der Waals surface area contributed by atoms with Gasteiger partial charge in [0.1, 0.15) is 17.7 Å². The lowest BCUT2D eigenvalue weighted by atomic mass is 10.1. The summed E-state index contributed by atoms with van der Waals surface area (Å²) in [4.78, 5) is 15.3. The molecule has 0 unspecified atom stereocenters. The molecule has 1 amide bonds. The highest BCUT2D eigenvalue weighted by Gasteiger charge is 2.60. The number of anilines is 1. The van der Waals surface area contributed by atoms with E-state index in [9.17, 15) is 13.6 Å². The molecule has 1 fully saturated rings. The number of methoxy groups -OCH3 is 1. The maximum absolute atomic E-state index is 14.7. The van der Waals surface area contributed by atoms with Crippen LogP contribution in [0.25, 0.3) is 17.1 Å². The summed E-state index contributed by atoms with van der Waals surface area (Å²) >= 11 is 6.01. The maximum atomic E-state index is 14.7. The third-order valence-corrected chi connectivity index (χ3v) is 6.58. The Hall–Kier alpha value is -3.98. The molecule has 1 N–H and O–H groups in total. The van der Waals surface area contributed by atoms with Gasteiger partial charge in [-0.2, -0.15) is 4.98 Å². The van der Waals surface area contributed by atoms with Crippen LogP contribution in [0.3, 0.4) is 0 Å². The van der Waals surface area contributed by atoms with Gasteiger partial charge in [0.25, 0.3) is 0 Å². The molecule has 1 aliphatic carbocycles.